The fraction of sp³-hybridized carbons (Fsp3) is 0.286. The number of nitrogens with zero attached hydrogens (tertiary/aromatic N) is 2. The van der Waals surface area contributed by atoms with Gasteiger partial charge in [-0.25, -0.2) is 8.42 Å². The number of sulfonamides is 1. The van der Waals surface area contributed by atoms with Gasteiger partial charge in [-0.05, 0) is 73.9 Å². The summed E-state index contributed by atoms with van der Waals surface area (Å²) in [5.74, 6) is -0.817. The molecule has 0 saturated carbocycles. The number of amides is 2. The third-order valence-corrected chi connectivity index (χ3v) is 8.54. The second-order valence-electron chi connectivity index (χ2n) is 8.87. The molecule has 0 bridgehead atoms. The van der Waals surface area contributed by atoms with Crippen molar-refractivity contribution in [1.82, 2.24) is 10.2 Å². The molecule has 0 unspecified atom stereocenters. The van der Waals surface area contributed by atoms with Crippen LogP contribution in [-0.4, -0.2) is 44.3 Å². The van der Waals surface area contributed by atoms with Gasteiger partial charge in [-0.3, -0.25) is 13.9 Å². The number of hydrogen-bond donors (Lipinski definition) is 1. The summed E-state index contributed by atoms with van der Waals surface area (Å²) in [6.45, 7) is 5.48. The highest BCUT2D eigenvalue weighted by Crippen LogP contribution is 2.28. The predicted molar refractivity (Wildman–Crippen MR) is 155 cm³/mol. The molecule has 0 radical (unpaired) electrons. The van der Waals surface area contributed by atoms with Crippen LogP contribution in [0.3, 0.4) is 0 Å². The van der Waals surface area contributed by atoms with Gasteiger partial charge < -0.3 is 10.2 Å². The zero-order valence-corrected chi connectivity index (χ0v) is 24.7. The molecule has 7 nitrogen and oxygen atoms in total. The Morgan fingerprint density at radius 1 is 1.03 bits per heavy atom. The van der Waals surface area contributed by atoms with Crippen molar-refractivity contribution in [2.75, 3.05) is 17.4 Å². The molecular weight excluding hydrogens is 590 g/mol. The zero-order chi connectivity index (χ0) is 27.9. The summed E-state index contributed by atoms with van der Waals surface area (Å²) < 4.78 is 29.6. The van der Waals surface area contributed by atoms with Crippen molar-refractivity contribution < 1.29 is 18.0 Å². The Morgan fingerprint density at radius 3 is 2.34 bits per heavy atom. The van der Waals surface area contributed by atoms with E-state index < -0.39 is 28.5 Å². The Bertz CT molecular complexity index is 1380. The largest absolute Gasteiger partial charge is 0.354 e. The Hall–Kier alpha value is -2.88. The van der Waals surface area contributed by atoms with Crippen molar-refractivity contribution >= 4 is 55.1 Å². The lowest BCUT2D eigenvalue weighted by Gasteiger charge is -2.32. The van der Waals surface area contributed by atoms with E-state index in [1.807, 2.05) is 31.2 Å². The Morgan fingerprint density at radius 2 is 1.71 bits per heavy atom. The van der Waals surface area contributed by atoms with Crippen molar-refractivity contribution in [2.45, 2.75) is 44.7 Å². The molecule has 10 heteroatoms. The third-order valence-electron chi connectivity index (χ3n) is 6.02. The Balaban J connectivity index is 2.03. The fourth-order valence-electron chi connectivity index (χ4n) is 3.90. The molecule has 38 heavy (non-hydrogen) atoms. The second-order valence-corrected chi connectivity index (χ2v) is 12.1. The van der Waals surface area contributed by atoms with E-state index in [4.69, 9.17) is 11.6 Å². The molecule has 0 fully saturated rings. The molecule has 1 atom stereocenters. The summed E-state index contributed by atoms with van der Waals surface area (Å²) in [4.78, 5) is 28.2. The van der Waals surface area contributed by atoms with Gasteiger partial charge in [0.25, 0.3) is 10.0 Å². The number of aryl methyl sites for hydroxylation is 1. The lowest BCUT2D eigenvalue weighted by atomic mass is 10.1. The Kier molecular flexibility index (Phi) is 10.4. The smallest absolute Gasteiger partial charge is 0.264 e. The van der Waals surface area contributed by atoms with Crippen molar-refractivity contribution in [3.8, 4) is 0 Å². The third kappa shape index (κ3) is 7.36. The van der Waals surface area contributed by atoms with E-state index in [1.54, 1.807) is 38.1 Å². The summed E-state index contributed by atoms with van der Waals surface area (Å²) in [5, 5.41) is 3.23. The van der Waals surface area contributed by atoms with Gasteiger partial charge in [0.2, 0.25) is 11.8 Å². The molecule has 0 aliphatic carbocycles. The standard InChI is InChI=1S/C28H31BrClN3O4S/c1-4-16-31-28(35)21(3)32(18-22-9-7-10-23(29)17-22)27(34)19-33(26-11-6-5-8-20(26)2)38(36,37)25-14-12-24(30)13-15-25/h5-15,17,21H,4,16,18-19H2,1-3H3,(H,31,35)/t21-/m1/s1. The molecule has 3 aromatic rings. The van der Waals surface area contributed by atoms with Gasteiger partial charge in [-0.15, -0.1) is 0 Å². The minimum atomic E-state index is -4.14. The summed E-state index contributed by atoms with van der Waals surface area (Å²) in [6.07, 6.45) is 0.748. The van der Waals surface area contributed by atoms with Crippen LogP contribution >= 0.6 is 27.5 Å². The van der Waals surface area contributed by atoms with Gasteiger partial charge in [0.15, 0.2) is 0 Å². The lowest BCUT2D eigenvalue weighted by Crippen LogP contribution is -2.51. The average Bonchev–Trinajstić information content (AvgIpc) is 2.89. The monoisotopic (exact) mass is 619 g/mol. The van der Waals surface area contributed by atoms with E-state index in [1.165, 1.54) is 29.2 Å². The van der Waals surface area contributed by atoms with Crippen molar-refractivity contribution in [1.29, 1.82) is 0 Å². The van der Waals surface area contributed by atoms with E-state index in [2.05, 4.69) is 21.2 Å². The molecule has 0 aliphatic rings. The highest BCUT2D eigenvalue weighted by atomic mass is 79.9. The SMILES string of the molecule is CCCNC(=O)[C@@H](C)N(Cc1cccc(Br)c1)C(=O)CN(c1ccccc1C)S(=O)(=O)c1ccc(Cl)cc1. The number of nitrogens with one attached hydrogen (secondary N) is 1. The quantitative estimate of drug-likeness (QED) is 0.305. The number of benzene rings is 3. The van der Waals surface area contributed by atoms with Crippen molar-refractivity contribution in [3.05, 3.63) is 93.4 Å². The number of halogens is 2. The second kappa shape index (κ2) is 13.3. The van der Waals surface area contributed by atoms with Crippen LogP contribution in [0.2, 0.25) is 5.02 Å². The van der Waals surface area contributed by atoms with Gasteiger partial charge in [0.1, 0.15) is 12.6 Å². The minimum absolute atomic E-state index is 0.00484. The summed E-state index contributed by atoms with van der Waals surface area (Å²) in [6, 6.07) is 19.4. The zero-order valence-electron chi connectivity index (χ0n) is 21.5. The maximum Gasteiger partial charge on any atom is 0.264 e. The normalized spacial score (nSPS) is 12.0. The van der Waals surface area contributed by atoms with E-state index in [0.29, 0.717) is 22.8 Å². The topological polar surface area (TPSA) is 86.8 Å². The van der Waals surface area contributed by atoms with Gasteiger partial charge in [-0.2, -0.15) is 0 Å². The highest BCUT2D eigenvalue weighted by Gasteiger charge is 2.33. The maximum atomic E-state index is 13.9. The first-order valence-corrected chi connectivity index (χ1v) is 14.8. The molecule has 2 amide bonds. The molecule has 0 saturated heterocycles. The van der Waals surface area contributed by atoms with E-state index in [9.17, 15) is 18.0 Å². The molecule has 1 N–H and O–H groups in total. The van der Waals surface area contributed by atoms with Crippen LogP contribution in [0.15, 0.2) is 82.2 Å². The van der Waals surface area contributed by atoms with Crippen LogP contribution in [0, 0.1) is 6.92 Å². The first kappa shape index (κ1) is 29.7. The summed E-state index contributed by atoms with van der Waals surface area (Å²) in [7, 11) is -4.14. The summed E-state index contributed by atoms with van der Waals surface area (Å²) >= 11 is 9.43. The lowest BCUT2D eigenvalue weighted by molar-refractivity contribution is -0.139. The van der Waals surface area contributed by atoms with Crippen LogP contribution in [0.25, 0.3) is 0 Å². The molecular formula is C28H31BrClN3O4S. The molecule has 3 aromatic carbocycles. The number of anilines is 1. The molecule has 3 rings (SSSR count). The number of rotatable bonds is 11. The minimum Gasteiger partial charge on any atom is -0.354 e. The van der Waals surface area contributed by atoms with Crippen LogP contribution in [0.4, 0.5) is 5.69 Å². The Labute approximate surface area is 238 Å². The van der Waals surface area contributed by atoms with Crippen LogP contribution in [-0.2, 0) is 26.2 Å². The van der Waals surface area contributed by atoms with Crippen molar-refractivity contribution in [2.24, 2.45) is 0 Å². The molecule has 0 aromatic heterocycles. The van der Waals surface area contributed by atoms with Gasteiger partial charge >= 0.3 is 0 Å². The van der Waals surface area contributed by atoms with Crippen LogP contribution < -0.4 is 9.62 Å². The maximum absolute atomic E-state index is 13.9. The van der Waals surface area contributed by atoms with Gasteiger partial charge in [0.05, 0.1) is 10.6 Å². The number of para-hydroxylation sites is 1. The molecule has 0 heterocycles. The first-order chi connectivity index (χ1) is 18.0. The van der Waals surface area contributed by atoms with E-state index in [0.717, 1.165) is 20.8 Å². The summed E-state index contributed by atoms with van der Waals surface area (Å²) in [5.41, 5.74) is 1.86. The first-order valence-electron chi connectivity index (χ1n) is 12.2. The van der Waals surface area contributed by atoms with Gasteiger partial charge in [-0.1, -0.05) is 64.8 Å². The van der Waals surface area contributed by atoms with Crippen molar-refractivity contribution in [3.63, 3.8) is 0 Å². The van der Waals surface area contributed by atoms with Crippen LogP contribution in [0.1, 0.15) is 31.4 Å². The molecule has 0 aliphatic heterocycles. The average molecular weight is 621 g/mol. The molecule has 202 valence electrons. The number of carbonyl (C=O) groups is 2. The van der Waals surface area contributed by atoms with E-state index in [-0.39, 0.29) is 17.3 Å². The highest BCUT2D eigenvalue weighted by molar-refractivity contribution is 9.10. The fourth-order valence-corrected chi connectivity index (χ4v) is 5.95. The molecule has 0 spiro atoms. The van der Waals surface area contributed by atoms with Gasteiger partial charge in [0, 0.05) is 22.6 Å². The van der Waals surface area contributed by atoms with Crippen LogP contribution in [0.5, 0.6) is 0 Å². The number of hydrogen-bond acceptors (Lipinski definition) is 4. The number of carbonyl (C=O) groups excluding carboxylic acids is 2. The predicted octanol–water partition coefficient (Wildman–Crippen LogP) is 5.55. The van der Waals surface area contributed by atoms with E-state index >= 15 is 0 Å².